The number of nitrogens with two attached hydrogens (primary N) is 1. The van der Waals surface area contributed by atoms with Gasteiger partial charge in [-0.15, -0.1) is 5.10 Å². The molecule has 1 aromatic heterocycles. The SMILES string of the molecule is CCc1nnc(N(C)C(C)C)c(C(N)=NO)c1CC. The zero-order valence-electron chi connectivity index (χ0n) is 12.3. The molecule has 0 aliphatic heterocycles. The van der Waals surface area contributed by atoms with Crippen LogP contribution in [0.15, 0.2) is 5.16 Å². The zero-order valence-corrected chi connectivity index (χ0v) is 12.3. The molecule has 1 heterocycles. The monoisotopic (exact) mass is 265 g/mol. The lowest BCUT2D eigenvalue weighted by atomic mass is 10.0. The first kappa shape index (κ1) is 15.2. The smallest absolute Gasteiger partial charge is 0.174 e. The largest absolute Gasteiger partial charge is 0.409 e. The summed E-state index contributed by atoms with van der Waals surface area (Å²) in [7, 11) is 1.92. The predicted molar refractivity (Wildman–Crippen MR) is 76.8 cm³/mol. The van der Waals surface area contributed by atoms with Gasteiger partial charge in [-0.1, -0.05) is 19.0 Å². The Morgan fingerprint density at radius 1 is 1.32 bits per heavy atom. The van der Waals surface area contributed by atoms with Gasteiger partial charge in [-0.05, 0) is 32.3 Å². The summed E-state index contributed by atoms with van der Waals surface area (Å²) >= 11 is 0. The average Bonchev–Trinajstić information content (AvgIpc) is 2.43. The van der Waals surface area contributed by atoms with Gasteiger partial charge in [0.25, 0.3) is 0 Å². The molecule has 1 rings (SSSR count). The molecule has 0 radical (unpaired) electrons. The van der Waals surface area contributed by atoms with Gasteiger partial charge in [0.15, 0.2) is 11.7 Å². The molecule has 0 bridgehead atoms. The number of anilines is 1. The second-order valence-corrected chi connectivity index (χ2v) is 4.72. The van der Waals surface area contributed by atoms with E-state index in [9.17, 15) is 0 Å². The summed E-state index contributed by atoms with van der Waals surface area (Å²) < 4.78 is 0. The van der Waals surface area contributed by atoms with E-state index in [1.807, 2.05) is 25.8 Å². The predicted octanol–water partition coefficient (Wildman–Crippen LogP) is 1.54. The van der Waals surface area contributed by atoms with Gasteiger partial charge in [0, 0.05) is 13.1 Å². The lowest BCUT2D eigenvalue weighted by Crippen LogP contribution is -2.31. The molecule has 0 fully saturated rings. The number of amidine groups is 1. The highest BCUT2D eigenvalue weighted by Gasteiger charge is 2.21. The van der Waals surface area contributed by atoms with Crippen molar-refractivity contribution in [1.82, 2.24) is 10.2 Å². The summed E-state index contributed by atoms with van der Waals surface area (Å²) in [5.74, 6) is 0.739. The summed E-state index contributed by atoms with van der Waals surface area (Å²) in [5.41, 5.74) is 8.42. The van der Waals surface area contributed by atoms with Gasteiger partial charge in [-0.3, -0.25) is 0 Å². The molecular weight excluding hydrogens is 242 g/mol. The molecule has 6 heteroatoms. The summed E-state index contributed by atoms with van der Waals surface area (Å²) in [6.07, 6.45) is 1.54. The van der Waals surface area contributed by atoms with Crippen molar-refractivity contribution in [2.45, 2.75) is 46.6 Å². The molecule has 0 saturated heterocycles. The third-order valence-electron chi connectivity index (χ3n) is 3.30. The summed E-state index contributed by atoms with van der Waals surface area (Å²) in [5, 5.41) is 20.7. The van der Waals surface area contributed by atoms with Crippen LogP contribution in [-0.4, -0.2) is 34.3 Å². The number of hydrogen-bond acceptors (Lipinski definition) is 5. The standard InChI is InChI=1S/C13H23N5O/c1-6-9-10(7-2)15-16-13(18(5)8(3)4)11(9)12(14)17-19/h8,19H,6-7H2,1-5H3,(H2,14,17). The van der Waals surface area contributed by atoms with E-state index in [1.54, 1.807) is 0 Å². The fourth-order valence-electron chi connectivity index (χ4n) is 1.97. The van der Waals surface area contributed by atoms with E-state index in [0.717, 1.165) is 24.1 Å². The highest BCUT2D eigenvalue weighted by atomic mass is 16.4. The molecule has 0 spiro atoms. The Morgan fingerprint density at radius 3 is 2.37 bits per heavy atom. The van der Waals surface area contributed by atoms with Gasteiger partial charge in [0.05, 0.1) is 11.3 Å². The molecule has 0 saturated carbocycles. The van der Waals surface area contributed by atoms with Crippen LogP contribution in [0.1, 0.15) is 44.5 Å². The van der Waals surface area contributed by atoms with Crippen molar-refractivity contribution < 1.29 is 5.21 Å². The van der Waals surface area contributed by atoms with E-state index >= 15 is 0 Å². The van der Waals surface area contributed by atoms with Crippen LogP contribution in [0, 0.1) is 0 Å². The highest BCUT2D eigenvalue weighted by Crippen LogP contribution is 2.24. The van der Waals surface area contributed by atoms with Crippen LogP contribution in [0.25, 0.3) is 0 Å². The maximum atomic E-state index is 9.01. The Hall–Kier alpha value is -1.85. The maximum absolute atomic E-state index is 9.01. The average molecular weight is 265 g/mol. The van der Waals surface area contributed by atoms with E-state index in [2.05, 4.69) is 29.2 Å². The fraction of sp³-hybridized carbons (Fsp3) is 0.615. The van der Waals surface area contributed by atoms with E-state index < -0.39 is 0 Å². The number of rotatable bonds is 5. The van der Waals surface area contributed by atoms with Gasteiger partial charge in [-0.2, -0.15) is 5.10 Å². The van der Waals surface area contributed by atoms with Crippen LogP contribution < -0.4 is 10.6 Å². The van der Waals surface area contributed by atoms with Crippen molar-refractivity contribution in [2.24, 2.45) is 10.9 Å². The van der Waals surface area contributed by atoms with Gasteiger partial charge in [-0.25, -0.2) is 0 Å². The number of oxime groups is 1. The third-order valence-corrected chi connectivity index (χ3v) is 3.30. The van der Waals surface area contributed by atoms with E-state index in [1.165, 1.54) is 0 Å². The minimum Gasteiger partial charge on any atom is -0.409 e. The van der Waals surface area contributed by atoms with Crippen LogP contribution in [0.3, 0.4) is 0 Å². The molecule has 6 nitrogen and oxygen atoms in total. The Kier molecular flexibility index (Phi) is 5.09. The van der Waals surface area contributed by atoms with E-state index in [-0.39, 0.29) is 11.9 Å². The first-order valence-electron chi connectivity index (χ1n) is 6.56. The van der Waals surface area contributed by atoms with E-state index in [0.29, 0.717) is 11.4 Å². The number of nitrogens with zero attached hydrogens (tertiary/aromatic N) is 4. The van der Waals surface area contributed by atoms with Gasteiger partial charge >= 0.3 is 0 Å². The summed E-state index contributed by atoms with van der Waals surface area (Å²) in [4.78, 5) is 1.97. The highest BCUT2D eigenvalue weighted by molar-refractivity contribution is 6.03. The number of aryl methyl sites for hydroxylation is 1. The van der Waals surface area contributed by atoms with Gasteiger partial charge < -0.3 is 15.8 Å². The fourth-order valence-corrected chi connectivity index (χ4v) is 1.97. The molecule has 19 heavy (non-hydrogen) atoms. The lowest BCUT2D eigenvalue weighted by molar-refractivity contribution is 0.318. The Morgan fingerprint density at radius 2 is 1.95 bits per heavy atom. The quantitative estimate of drug-likeness (QED) is 0.365. The van der Waals surface area contributed by atoms with Gasteiger partial charge in [0.2, 0.25) is 0 Å². The molecule has 0 unspecified atom stereocenters. The number of hydrogen-bond donors (Lipinski definition) is 2. The molecule has 0 amide bonds. The first-order valence-corrected chi connectivity index (χ1v) is 6.56. The molecule has 1 aromatic rings. The van der Waals surface area contributed by atoms with Crippen molar-refractivity contribution in [3.63, 3.8) is 0 Å². The van der Waals surface area contributed by atoms with Crippen molar-refractivity contribution in [3.05, 3.63) is 16.8 Å². The first-order chi connectivity index (χ1) is 8.97. The number of aromatic nitrogens is 2. The van der Waals surface area contributed by atoms with Gasteiger partial charge in [0.1, 0.15) is 0 Å². The Labute approximate surface area is 114 Å². The Bertz CT molecular complexity index is 470. The molecular formula is C13H23N5O. The van der Waals surface area contributed by atoms with Crippen LogP contribution in [0.5, 0.6) is 0 Å². The molecule has 0 aliphatic rings. The summed E-state index contributed by atoms with van der Waals surface area (Å²) in [6.45, 7) is 8.16. The second-order valence-electron chi connectivity index (χ2n) is 4.72. The minimum absolute atomic E-state index is 0.0870. The third kappa shape index (κ3) is 2.94. The summed E-state index contributed by atoms with van der Waals surface area (Å²) in [6, 6.07) is 0.247. The van der Waals surface area contributed by atoms with Crippen molar-refractivity contribution >= 4 is 11.7 Å². The van der Waals surface area contributed by atoms with E-state index in [4.69, 9.17) is 10.9 Å². The minimum atomic E-state index is 0.0870. The van der Waals surface area contributed by atoms with Crippen molar-refractivity contribution in [3.8, 4) is 0 Å². The van der Waals surface area contributed by atoms with Crippen LogP contribution in [0.4, 0.5) is 5.82 Å². The maximum Gasteiger partial charge on any atom is 0.174 e. The second kappa shape index (κ2) is 6.36. The molecule has 3 N–H and O–H groups in total. The van der Waals surface area contributed by atoms with Crippen molar-refractivity contribution in [2.75, 3.05) is 11.9 Å². The topological polar surface area (TPSA) is 87.6 Å². The molecule has 106 valence electrons. The molecule has 0 aliphatic carbocycles. The normalized spacial score (nSPS) is 12.0. The van der Waals surface area contributed by atoms with Crippen molar-refractivity contribution in [1.29, 1.82) is 0 Å². The lowest BCUT2D eigenvalue weighted by Gasteiger charge is -2.26. The molecule has 0 atom stereocenters. The zero-order chi connectivity index (χ0) is 14.6. The van der Waals surface area contributed by atoms with Crippen LogP contribution >= 0.6 is 0 Å². The molecule has 0 aromatic carbocycles. The van der Waals surface area contributed by atoms with Crippen LogP contribution in [0.2, 0.25) is 0 Å². The van der Waals surface area contributed by atoms with Crippen LogP contribution in [-0.2, 0) is 12.8 Å². The Balaban J connectivity index is 3.56.